The number of aliphatic hydroxyl groups excluding tert-OH is 1. The molecule has 4 heteroatoms. The van der Waals surface area contributed by atoms with Gasteiger partial charge in [0.05, 0.1) is 5.02 Å². The van der Waals surface area contributed by atoms with Crippen molar-refractivity contribution in [1.29, 1.82) is 0 Å². The predicted molar refractivity (Wildman–Crippen MR) is 62.4 cm³/mol. The van der Waals surface area contributed by atoms with Crippen molar-refractivity contribution >= 4 is 28.9 Å². The summed E-state index contributed by atoms with van der Waals surface area (Å²) in [5.41, 5.74) is 0.0534. The molecule has 1 aromatic carbocycles. The van der Waals surface area contributed by atoms with Gasteiger partial charge in [0, 0.05) is 5.56 Å². The van der Waals surface area contributed by atoms with E-state index in [4.69, 9.17) is 11.6 Å². The van der Waals surface area contributed by atoms with Gasteiger partial charge in [0.15, 0.2) is 11.6 Å². The molecule has 0 amide bonds. The van der Waals surface area contributed by atoms with E-state index >= 15 is 0 Å². The average Bonchev–Trinajstić information content (AvgIpc) is 2.16. The van der Waals surface area contributed by atoms with Crippen LogP contribution in [0, 0.1) is 0 Å². The van der Waals surface area contributed by atoms with E-state index in [1.807, 2.05) is 0 Å². The Morgan fingerprint density at radius 3 is 2.06 bits per heavy atom. The first-order valence-corrected chi connectivity index (χ1v) is 5.03. The fraction of sp³-hybridized carbons (Fsp3) is 0.167. The highest BCUT2D eigenvalue weighted by molar-refractivity contribution is 6.33. The van der Waals surface area contributed by atoms with Crippen molar-refractivity contribution in [2.75, 3.05) is 0 Å². The maximum absolute atomic E-state index is 11.2. The van der Waals surface area contributed by atoms with Gasteiger partial charge >= 0.3 is 0 Å². The van der Waals surface area contributed by atoms with E-state index < -0.39 is 11.6 Å². The molecule has 0 aromatic heterocycles. The van der Waals surface area contributed by atoms with E-state index in [1.54, 1.807) is 24.3 Å². The van der Waals surface area contributed by atoms with Crippen LogP contribution >= 0.6 is 11.6 Å². The third-order valence-electron chi connectivity index (χ3n) is 2.07. The number of carbonyl (C=O) groups excluding carboxylic acids is 2. The molecule has 84 valence electrons. The number of aliphatic hydroxyl groups is 1. The molecule has 0 unspecified atom stereocenters. The monoisotopic (exact) mass is 238 g/mol. The third-order valence-corrected chi connectivity index (χ3v) is 2.40. The first kappa shape index (κ1) is 12.5. The zero-order valence-electron chi connectivity index (χ0n) is 8.95. The van der Waals surface area contributed by atoms with Gasteiger partial charge in [-0.2, -0.15) is 0 Å². The minimum Gasteiger partial charge on any atom is -0.506 e. The zero-order chi connectivity index (χ0) is 12.3. The largest absolute Gasteiger partial charge is 0.506 e. The summed E-state index contributed by atoms with van der Waals surface area (Å²) in [6.45, 7) is 2.45. The normalized spacial score (nSPS) is 9.69. The number of benzene rings is 1. The molecular formula is C12H11ClO3. The molecule has 0 atom stereocenters. The van der Waals surface area contributed by atoms with Crippen LogP contribution in [0.25, 0.3) is 5.76 Å². The number of ketones is 2. The average molecular weight is 239 g/mol. The molecule has 0 aliphatic heterocycles. The standard InChI is InChI=1S/C12H11ClO3/c1-7(14)11(8(2)15)12(16)9-5-3-4-6-10(9)13/h3-6,16H,1-2H3. The molecule has 0 aliphatic carbocycles. The van der Waals surface area contributed by atoms with Gasteiger partial charge in [-0.3, -0.25) is 9.59 Å². The van der Waals surface area contributed by atoms with Crippen LogP contribution in [0.5, 0.6) is 0 Å². The third kappa shape index (κ3) is 2.49. The molecule has 0 aliphatic rings. The van der Waals surface area contributed by atoms with Gasteiger partial charge in [0.25, 0.3) is 0 Å². The highest BCUT2D eigenvalue weighted by Gasteiger charge is 2.18. The topological polar surface area (TPSA) is 54.4 Å². The van der Waals surface area contributed by atoms with Crippen molar-refractivity contribution in [2.45, 2.75) is 13.8 Å². The van der Waals surface area contributed by atoms with E-state index in [0.29, 0.717) is 5.02 Å². The van der Waals surface area contributed by atoms with E-state index in [-0.39, 0.29) is 16.9 Å². The summed E-state index contributed by atoms with van der Waals surface area (Å²) < 4.78 is 0. The minimum atomic E-state index is -0.482. The Balaban J connectivity index is 3.42. The lowest BCUT2D eigenvalue weighted by molar-refractivity contribution is -0.119. The molecule has 1 rings (SSSR count). The van der Waals surface area contributed by atoms with Crippen LogP contribution in [0.3, 0.4) is 0 Å². The second-order valence-corrected chi connectivity index (χ2v) is 3.72. The summed E-state index contributed by atoms with van der Waals surface area (Å²) in [4.78, 5) is 22.5. The van der Waals surface area contributed by atoms with Crippen molar-refractivity contribution < 1.29 is 14.7 Å². The Morgan fingerprint density at radius 1 is 1.12 bits per heavy atom. The van der Waals surface area contributed by atoms with Gasteiger partial charge in [-0.05, 0) is 26.0 Å². The lowest BCUT2D eigenvalue weighted by atomic mass is 10.0. The van der Waals surface area contributed by atoms with Crippen molar-refractivity contribution in [3.8, 4) is 0 Å². The molecule has 0 saturated heterocycles. The molecule has 0 radical (unpaired) electrons. The molecule has 3 nitrogen and oxygen atoms in total. The van der Waals surface area contributed by atoms with Crippen molar-refractivity contribution in [3.05, 3.63) is 40.4 Å². The van der Waals surface area contributed by atoms with E-state index in [1.165, 1.54) is 13.8 Å². The summed E-state index contributed by atoms with van der Waals surface area (Å²) >= 11 is 5.86. The van der Waals surface area contributed by atoms with Crippen LogP contribution < -0.4 is 0 Å². The van der Waals surface area contributed by atoms with E-state index in [0.717, 1.165) is 0 Å². The summed E-state index contributed by atoms with van der Waals surface area (Å²) in [5.74, 6) is -1.33. The lowest BCUT2D eigenvalue weighted by Crippen LogP contribution is -2.09. The molecule has 0 fully saturated rings. The number of rotatable bonds is 3. The van der Waals surface area contributed by atoms with Crippen LogP contribution in [0.4, 0.5) is 0 Å². The lowest BCUT2D eigenvalue weighted by Gasteiger charge is -2.06. The molecule has 1 N–H and O–H groups in total. The van der Waals surface area contributed by atoms with Crippen LogP contribution in [-0.4, -0.2) is 16.7 Å². The minimum absolute atomic E-state index is 0.229. The van der Waals surface area contributed by atoms with E-state index in [9.17, 15) is 14.7 Å². The quantitative estimate of drug-likeness (QED) is 0.381. The van der Waals surface area contributed by atoms with Gasteiger partial charge in [-0.25, -0.2) is 0 Å². The predicted octanol–water partition coefficient (Wildman–Crippen LogP) is 2.79. The summed E-state index contributed by atoms with van der Waals surface area (Å²) in [5, 5.41) is 10.1. The molecule has 0 heterocycles. The first-order valence-electron chi connectivity index (χ1n) is 4.65. The smallest absolute Gasteiger partial charge is 0.167 e. The summed E-state index contributed by atoms with van der Waals surface area (Å²) in [6.07, 6.45) is 0. The zero-order valence-corrected chi connectivity index (χ0v) is 9.71. The van der Waals surface area contributed by atoms with Crippen LogP contribution in [-0.2, 0) is 9.59 Å². The number of hydrogen-bond donors (Lipinski definition) is 1. The molecule has 0 bridgehead atoms. The van der Waals surface area contributed by atoms with Crippen LogP contribution in [0.2, 0.25) is 5.02 Å². The second-order valence-electron chi connectivity index (χ2n) is 3.32. The Hall–Kier alpha value is -1.61. The van der Waals surface area contributed by atoms with Crippen molar-refractivity contribution in [3.63, 3.8) is 0 Å². The highest BCUT2D eigenvalue weighted by Crippen LogP contribution is 2.24. The van der Waals surface area contributed by atoms with E-state index in [2.05, 4.69) is 0 Å². The Kier molecular flexibility index (Phi) is 3.85. The molecule has 16 heavy (non-hydrogen) atoms. The number of Topliss-reactive ketones (excluding diaryl/α,β-unsaturated/α-hetero) is 2. The van der Waals surface area contributed by atoms with Gasteiger partial charge < -0.3 is 5.11 Å². The van der Waals surface area contributed by atoms with Gasteiger partial charge in [-0.1, -0.05) is 23.7 Å². The first-order chi connectivity index (χ1) is 7.45. The number of allylic oxidation sites excluding steroid dienone is 1. The highest BCUT2D eigenvalue weighted by atomic mass is 35.5. The van der Waals surface area contributed by atoms with Crippen LogP contribution in [0.1, 0.15) is 19.4 Å². The Labute approximate surface area is 98.4 Å². The van der Waals surface area contributed by atoms with Crippen molar-refractivity contribution in [2.24, 2.45) is 0 Å². The van der Waals surface area contributed by atoms with Gasteiger partial charge in [-0.15, -0.1) is 0 Å². The summed E-state index contributed by atoms with van der Waals surface area (Å²) in [6, 6.07) is 6.48. The maximum Gasteiger partial charge on any atom is 0.167 e. The van der Waals surface area contributed by atoms with Crippen molar-refractivity contribution in [1.82, 2.24) is 0 Å². The fourth-order valence-electron chi connectivity index (χ4n) is 1.37. The number of carbonyl (C=O) groups is 2. The SMILES string of the molecule is CC(=O)C(C(C)=O)=C(O)c1ccccc1Cl. The maximum atomic E-state index is 11.2. The molecular weight excluding hydrogens is 228 g/mol. The van der Waals surface area contributed by atoms with Gasteiger partial charge in [0.1, 0.15) is 11.3 Å². The summed E-state index contributed by atoms with van der Waals surface area (Å²) in [7, 11) is 0. The van der Waals surface area contributed by atoms with Crippen LogP contribution in [0.15, 0.2) is 29.8 Å². The Bertz CT molecular complexity index is 459. The molecule has 0 spiro atoms. The number of hydrogen-bond acceptors (Lipinski definition) is 3. The second kappa shape index (κ2) is 4.94. The Morgan fingerprint density at radius 2 is 1.62 bits per heavy atom. The fourth-order valence-corrected chi connectivity index (χ4v) is 1.59. The molecule has 1 aromatic rings. The van der Waals surface area contributed by atoms with Gasteiger partial charge in [0.2, 0.25) is 0 Å². The number of halogens is 1. The molecule has 0 saturated carbocycles.